The van der Waals surface area contributed by atoms with E-state index in [-0.39, 0.29) is 23.5 Å². The molecule has 0 aliphatic heterocycles. The van der Waals surface area contributed by atoms with Gasteiger partial charge in [0.05, 0.1) is 17.0 Å². The summed E-state index contributed by atoms with van der Waals surface area (Å²) in [4.78, 5) is 22.5. The molecule has 0 fully saturated rings. The van der Waals surface area contributed by atoms with E-state index in [9.17, 15) is 18.0 Å². The Kier molecular flexibility index (Phi) is 5.51. The maximum absolute atomic E-state index is 11.5. The van der Waals surface area contributed by atoms with Crippen LogP contribution in [0.5, 0.6) is 0 Å². The minimum Gasteiger partial charge on any atom is -0.478 e. The third-order valence-corrected chi connectivity index (χ3v) is 3.41. The first kappa shape index (κ1) is 16.0. The molecule has 0 bridgehead atoms. The van der Waals surface area contributed by atoms with Crippen molar-refractivity contribution in [1.29, 1.82) is 0 Å². The first-order chi connectivity index (χ1) is 9.29. The summed E-state index contributed by atoms with van der Waals surface area (Å²) in [6, 6.07) is 5.43. The van der Waals surface area contributed by atoms with Gasteiger partial charge >= 0.3 is 12.0 Å². The Bertz CT molecular complexity index is 598. The Hall–Kier alpha value is -2.09. The van der Waals surface area contributed by atoms with Crippen molar-refractivity contribution >= 4 is 27.5 Å². The first-order valence-corrected chi connectivity index (χ1v) is 7.90. The summed E-state index contributed by atoms with van der Waals surface area (Å²) in [5, 5.41) is 13.8. The third kappa shape index (κ3) is 5.70. The molecule has 0 aliphatic carbocycles. The first-order valence-electron chi connectivity index (χ1n) is 5.84. The zero-order valence-corrected chi connectivity index (χ0v) is 11.7. The van der Waals surface area contributed by atoms with Gasteiger partial charge in [-0.15, -0.1) is 0 Å². The number of aromatic carboxylic acids is 1. The summed E-state index contributed by atoms with van der Waals surface area (Å²) >= 11 is 0. The lowest BCUT2D eigenvalue weighted by Crippen LogP contribution is -2.31. The molecule has 0 saturated heterocycles. The highest BCUT2D eigenvalue weighted by Gasteiger charge is 2.11. The molecule has 8 heteroatoms. The highest BCUT2D eigenvalue weighted by molar-refractivity contribution is 7.90. The highest BCUT2D eigenvalue weighted by Crippen LogP contribution is 2.14. The van der Waals surface area contributed by atoms with Crippen molar-refractivity contribution in [2.45, 2.75) is 6.42 Å². The van der Waals surface area contributed by atoms with Crippen molar-refractivity contribution in [3.63, 3.8) is 0 Å². The Morgan fingerprint density at radius 1 is 1.25 bits per heavy atom. The van der Waals surface area contributed by atoms with Crippen molar-refractivity contribution in [2.75, 3.05) is 23.9 Å². The van der Waals surface area contributed by atoms with Crippen LogP contribution >= 0.6 is 0 Å². The average Bonchev–Trinajstić information content (AvgIpc) is 2.34. The standard InChI is InChI=1S/C12H16N2O5S/c1-20(18,19)8-4-7-13-12(17)14-10-6-3-2-5-9(10)11(15)16/h2-3,5-6H,4,7-8H2,1H3,(H,15,16)(H2,13,14,17). The van der Waals surface area contributed by atoms with Gasteiger partial charge in [0.25, 0.3) is 0 Å². The Morgan fingerprint density at radius 3 is 2.50 bits per heavy atom. The van der Waals surface area contributed by atoms with E-state index in [4.69, 9.17) is 5.11 Å². The van der Waals surface area contributed by atoms with Crippen LogP contribution in [0, 0.1) is 0 Å². The molecule has 2 amide bonds. The van der Waals surface area contributed by atoms with Gasteiger partial charge in [-0.05, 0) is 18.6 Å². The number of carboxylic acid groups (broad SMARTS) is 1. The number of hydrogen-bond donors (Lipinski definition) is 3. The molecule has 1 aromatic rings. The second-order valence-corrected chi connectivity index (χ2v) is 6.47. The largest absolute Gasteiger partial charge is 0.478 e. The predicted octanol–water partition coefficient (Wildman–Crippen LogP) is 0.941. The molecular formula is C12H16N2O5S. The van der Waals surface area contributed by atoms with Crippen LogP contribution < -0.4 is 10.6 Å². The van der Waals surface area contributed by atoms with Crippen LogP contribution in [0.25, 0.3) is 0 Å². The third-order valence-electron chi connectivity index (χ3n) is 2.38. The summed E-state index contributed by atoms with van der Waals surface area (Å²) in [5.74, 6) is -1.16. The number of amides is 2. The lowest BCUT2D eigenvalue weighted by molar-refractivity contribution is 0.0698. The van der Waals surface area contributed by atoms with Gasteiger partial charge < -0.3 is 15.7 Å². The minimum atomic E-state index is -3.05. The molecule has 1 aromatic carbocycles. The average molecular weight is 300 g/mol. The van der Waals surface area contributed by atoms with Gasteiger partial charge in [0.2, 0.25) is 0 Å². The molecule has 0 heterocycles. The molecule has 110 valence electrons. The number of sulfone groups is 1. The SMILES string of the molecule is CS(=O)(=O)CCCNC(=O)Nc1ccccc1C(=O)O. The van der Waals surface area contributed by atoms with E-state index in [1.165, 1.54) is 12.1 Å². The van der Waals surface area contributed by atoms with Crippen LogP contribution in [0.3, 0.4) is 0 Å². The van der Waals surface area contributed by atoms with Gasteiger partial charge in [-0.25, -0.2) is 18.0 Å². The molecule has 3 N–H and O–H groups in total. The smallest absolute Gasteiger partial charge is 0.337 e. The van der Waals surface area contributed by atoms with Crippen molar-refractivity contribution in [3.05, 3.63) is 29.8 Å². The van der Waals surface area contributed by atoms with Crippen LogP contribution in [0.15, 0.2) is 24.3 Å². The number of urea groups is 1. The fraction of sp³-hybridized carbons (Fsp3) is 0.333. The van der Waals surface area contributed by atoms with Gasteiger partial charge in [-0.2, -0.15) is 0 Å². The molecule has 1 rings (SSSR count). The van der Waals surface area contributed by atoms with E-state index in [2.05, 4.69) is 10.6 Å². The maximum Gasteiger partial charge on any atom is 0.337 e. The van der Waals surface area contributed by atoms with E-state index in [1.54, 1.807) is 12.1 Å². The Labute approximate surface area is 116 Å². The molecule has 0 unspecified atom stereocenters. The minimum absolute atomic E-state index is 0.0149. The van der Waals surface area contributed by atoms with Gasteiger partial charge in [0.1, 0.15) is 9.84 Å². The van der Waals surface area contributed by atoms with Crippen molar-refractivity contribution in [3.8, 4) is 0 Å². The number of carbonyl (C=O) groups excluding carboxylic acids is 1. The van der Waals surface area contributed by atoms with E-state index < -0.39 is 21.8 Å². The second-order valence-electron chi connectivity index (χ2n) is 4.22. The van der Waals surface area contributed by atoms with Crippen LogP contribution in [0.1, 0.15) is 16.8 Å². The number of rotatable bonds is 6. The summed E-state index contributed by atoms with van der Waals surface area (Å²) in [5.41, 5.74) is 0.166. The van der Waals surface area contributed by atoms with Gasteiger partial charge in [-0.3, -0.25) is 0 Å². The van der Waals surface area contributed by atoms with E-state index >= 15 is 0 Å². The van der Waals surface area contributed by atoms with Gasteiger partial charge in [-0.1, -0.05) is 12.1 Å². The number of anilines is 1. The Morgan fingerprint density at radius 2 is 1.90 bits per heavy atom. The summed E-state index contributed by atoms with van der Waals surface area (Å²) in [7, 11) is -3.05. The maximum atomic E-state index is 11.5. The molecule has 0 spiro atoms. The molecule has 0 atom stereocenters. The number of carboxylic acids is 1. The molecule has 0 aliphatic rings. The molecule has 7 nitrogen and oxygen atoms in total. The van der Waals surface area contributed by atoms with Crippen molar-refractivity contribution < 1.29 is 23.1 Å². The van der Waals surface area contributed by atoms with Crippen molar-refractivity contribution in [2.24, 2.45) is 0 Å². The topological polar surface area (TPSA) is 113 Å². The van der Waals surface area contributed by atoms with Crippen LogP contribution in [0.2, 0.25) is 0 Å². The number of nitrogens with one attached hydrogen (secondary N) is 2. The van der Waals surface area contributed by atoms with Crippen LogP contribution in [0.4, 0.5) is 10.5 Å². The molecule has 20 heavy (non-hydrogen) atoms. The number of benzene rings is 1. The normalized spacial score (nSPS) is 10.8. The lowest BCUT2D eigenvalue weighted by atomic mass is 10.2. The molecule has 0 saturated carbocycles. The highest BCUT2D eigenvalue weighted by atomic mass is 32.2. The number of hydrogen-bond acceptors (Lipinski definition) is 4. The van der Waals surface area contributed by atoms with Gasteiger partial charge in [0.15, 0.2) is 0 Å². The number of para-hydroxylation sites is 1. The van der Waals surface area contributed by atoms with E-state index in [0.717, 1.165) is 6.26 Å². The van der Waals surface area contributed by atoms with E-state index in [1.807, 2.05) is 0 Å². The predicted molar refractivity (Wildman–Crippen MR) is 74.8 cm³/mol. The quantitative estimate of drug-likeness (QED) is 0.677. The van der Waals surface area contributed by atoms with Crippen LogP contribution in [-0.2, 0) is 9.84 Å². The fourth-order valence-corrected chi connectivity index (χ4v) is 2.15. The fourth-order valence-electron chi connectivity index (χ4n) is 1.48. The number of carbonyl (C=O) groups is 2. The summed E-state index contributed by atoms with van der Waals surface area (Å²) < 4.78 is 21.8. The van der Waals surface area contributed by atoms with Gasteiger partial charge in [0, 0.05) is 12.8 Å². The second kappa shape index (κ2) is 6.90. The monoisotopic (exact) mass is 300 g/mol. The Balaban J connectivity index is 2.49. The lowest BCUT2D eigenvalue weighted by Gasteiger charge is -2.09. The molecule has 0 radical (unpaired) electrons. The van der Waals surface area contributed by atoms with E-state index in [0.29, 0.717) is 6.42 Å². The summed E-state index contributed by atoms with van der Waals surface area (Å²) in [6.07, 6.45) is 1.42. The molecule has 0 aromatic heterocycles. The van der Waals surface area contributed by atoms with Crippen molar-refractivity contribution in [1.82, 2.24) is 5.32 Å². The zero-order chi connectivity index (χ0) is 15.2. The molecular weight excluding hydrogens is 284 g/mol. The zero-order valence-electron chi connectivity index (χ0n) is 10.9. The summed E-state index contributed by atoms with van der Waals surface area (Å²) in [6.45, 7) is 0.189. The van der Waals surface area contributed by atoms with Crippen LogP contribution in [-0.4, -0.2) is 44.1 Å².